The van der Waals surface area contributed by atoms with Crippen LogP contribution in [-0.2, 0) is 0 Å². The molecule has 1 aromatic carbocycles. The molecule has 17 heavy (non-hydrogen) atoms. The van der Waals surface area contributed by atoms with Gasteiger partial charge < -0.3 is 10.6 Å². The number of nitrogens with two attached hydrogens (primary N) is 1. The van der Waals surface area contributed by atoms with Crippen molar-refractivity contribution in [2.75, 3.05) is 18.8 Å². The first-order chi connectivity index (χ1) is 8.10. The van der Waals surface area contributed by atoms with Gasteiger partial charge >= 0.3 is 0 Å². The van der Waals surface area contributed by atoms with Crippen LogP contribution >= 0.6 is 11.6 Å². The van der Waals surface area contributed by atoms with Crippen LogP contribution in [0.15, 0.2) is 30.9 Å². The highest BCUT2D eigenvalue weighted by Gasteiger charge is 2.14. The highest BCUT2D eigenvalue weighted by molar-refractivity contribution is 6.33. The molecule has 1 aromatic rings. The summed E-state index contributed by atoms with van der Waals surface area (Å²) >= 11 is 5.82. The lowest BCUT2D eigenvalue weighted by molar-refractivity contribution is 0.0774. The van der Waals surface area contributed by atoms with Crippen LogP contribution in [0.4, 0.5) is 5.69 Å². The van der Waals surface area contributed by atoms with Gasteiger partial charge in [0.05, 0.1) is 10.7 Å². The fraction of sp³-hybridized carbons (Fsp3) is 0.308. The molecule has 0 atom stereocenters. The summed E-state index contributed by atoms with van der Waals surface area (Å²) in [5.41, 5.74) is 6.66. The van der Waals surface area contributed by atoms with E-state index in [2.05, 4.69) is 6.58 Å². The second kappa shape index (κ2) is 6.30. The van der Waals surface area contributed by atoms with Crippen molar-refractivity contribution in [1.82, 2.24) is 4.90 Å². The number of benzene rings is 1. The van der Waals surface area contributed by atoms with Crippen molar-refractivity contribution < 1.29 is 4.79 Å². The third-order valence-electron chi connectivity index (χ3n) is 2.37. The minimum atomic E-state index is -0.0462. The molecule has 0 fully saturated rings. The zero-order chi connectivity index (χ0) is 12.8. The molecule has 0 spiro atoms. The lowest BCUT2D eigenvalue weighted by Gasteiger charge is -2.20. The first-order valence-electron chi connectivity index (χ1n) is 5.55. The van der Waals surface area contributed by atoms with Gasteiger partial charge in [0.1, 0.15) is 0 Å². The van der Waals surface area contributed by atoms with E-state index in [-0.39, 0.29) is 5.91 Å². The summed E-state index contributed by atoms with van der Waals surface area (Å²) in [5, 5.41) is 0.465. The Balaban J connectivity index is 2.92. The fourth-order valence-corrected chi connectivity index (χ4v) is 1.68. The van der Waals surface area contributed by atoms with Gasteiger partial charge in [0.25, 0.3) is 5.91 Å². The monoisotopic (exact) mass is 252 g/mol. The van der Waals surface area contributed by atoms with E-state index < -0.39 is 0 Å². The molecule has 92 valence electrons. The predicted molar refractivity (Wildman–Crippen MR) is 72.3 cm³/mol. The number of carbonyl (C=O) groups excluding carboxylic acids is 1. The smallest absolute Gasteiger partial charge is 0.254 e. The minimum absolute atomic E-state index is 0.0462. The quantitative estimate of drug-likeness (QED) is 0.647. The Morgan fingerprint density at radius 2 is 2.29 bits per heavy atom. The van der Waals surface area contributed by atoms with E-state index >= 15 is 0 Å². The fourth-order valence-electron chi connectivity index (χ4n) is 1.56. The summed E-state index contributed by atoms with van der Waals surface area (Å²) in [6.45, 7) is 6.92. The lowest BCUT2D eigenvalue weighted by atomic mass is 10.1. The molecule has 2 N–H and O–H groups in total. The van der Waals surface area contributed by atoms with E-state index in [4.69, 9.17) is 17.3 Å². The molecule has 0 radical (unpaired) electrons. The summed E-state index contributed by atoms with van der Waals surface area (Å²) in [6, 6.07) is 4.94. The zero-order valence-electron chi connectivity index (χ0n) is 9.95. The van der Waals surface area contributed by atoms with E-state index in [1.165, 1.54) is 0 Å². The molecular weight excluding hydrogens is 236 g/mol. The van der Waals surface area contributed by atoms with E-state index in [1.807, 2.05) is 6.92 Å². The number of halogens is 1. The Morgan fingerprint density at radius 1 is 1.59 bits per heavy atom. The van der Waals surface area contributed by atoms with Crippen LogP contribution in [0.1, 0.15) is 23.7 Å². The molecule has 0 aliphatic heterocycles. The molecule has 0 saturated heterocycles. The maximum atomic E-state index is 12.2. The average Bonchev–Trinajstić information content (AvgIpc) is 2.31. The number of anilines is 1. The molecule has 0 saturated carbocycles. The maximum absolute atomic E-state index is 12.2. The number of carbonyl (C=O) groups is 1. The summed E-state index contributed by atoms with van der Waals surface area (Å²) in [7, 11) is 0. The van der Waals surface area contributed by atoms with Gasteiger partial charge in [-0.05, 0) is 24.6 Å². The van der Waals surface area contributed by atoms with Crippen molar-refractivity contribution in [1.29, 1.82) is 0 Å². The van der Waals surface area contributed by atoms with E-state index in [0.29, 0.717) is 29.4 Å². The Hall–Kier alpha value is -1.48. The second-order valence-corrected chi connectivity index (χ2v) is 4.18. The number of rotatable bonds is 5. The van der Waals surface area contributed by atoms with Crippen molar-refractivity contribution in [3.05, 3.63) is 41.4 Å². The highest BCUT2D eigenvalue weighted by Crippen LogP contribution is 2.20. The Kier molecular flexibility index (Phi) is 5.04. The number of nitrogen functional groups attached to an aromatic ring is 1. The van der Waals surface area contributed by atoms with Gasteiger partial charge in [-0.3, -0.25) is 4.79 Å². The molecule has 3 nitrogen and oxygen atoms in total. The maximum Gasteiger partial charge on any atom is 0.254 e. The van der Waals surface area contributed by atoms with Gasteiger partial charge in [-0.25, -0.2) is 0 Å². The van der Waals surface area contributed by atoms with E-state index in [9.17, 15) is 4.79 Å². The number of nitrogens with zero attached hydrogens (tertiary/aromatic N) is 1. The summed E-state index contributed by atoms with van der Waals surface area (Å²) in [6.07, 6.45) is 2.62. The Morgan fingerprint density at radius 3 is 2.82 bits per heavy atom. The Labute approximate surface area is 107 Å². The number of hydrogen-bond donors (Lipinski definition) is 1. The molecule has 4 heteroatoms. The molecular formula is C13H17ClN2O. The highest BCUT2D eigenvalue weighted by atomic mass is 35.5. The second-order valence-electron chi connectivity index (χ2n) is 3.78. The molecule has 0 aliphatic carbocycles. The van der Waals surface area contributed by atoms with Gasteiger partial charge in [0.2, 0.25) is 0 Å². The lowest BCUT2D eigenvalue weighted by Crippen LogP contribution is -2.31. The van der Waals surface area contributed by atoms with Gasteiger partial charge in [0, 0.05) is 18.7 Å². The van der Waals surface area contributed by atoms with Crippen molar-refractivity contribution >= 4 is 23.2 Å². The van der Waals surface area contributed by atoms with Crippen LogP contribution in [0.2, 0.25) is 5.02 Å². The van der Waals surface area contributed by atoms with E-state index in [0.717, 1.165) is 6.42 Å². The molecule has 0 heterocycles. The molecule has 0 unspecified atom stereocenters. The largest absolute Gasteiger partial charge is 0.398 e. The first kappa shape index (κ1) is 13.6. The van der Waals surface area contributed by atoms with Crippen molar-refractivity contribution in [2.24, 2.45) is 0 Å². The molecule has 1 amide bonds. The van der Waals surface area contributed by atoms with Gasteiger partial charge in [-0.1, -0.05) is 24.6 Å². The SMILES string of the molecule is C=CCN(CCC)C(=O)c1ccc(Cl)c(N)c1. The van der Waals surface area contributed by atoms with Crippen LogP contribution < -0.4 is 5.73 Å². The summed E-state index contributed by atoms with van der Waals surface area (Å²) < 4.78 is 0. The van der Waals surface area contributed by atoms with Crippen molar-refractivity contribution in [3.63, 3.8) is 0 Å². The third kappa shape index (κ3) is 3.49. The van der Waals surface area contributed by atoms with Crippen molar-refractivity contribution in [2.45, 2.75) is 13.3 Å². The van der Waals surface area contributed by atoms with Gasteiger partial charge in [0.15, 0.2) is 0 Å². The van der Waals surface area contributed by atoms with E-state index in [1.54, 1.807) is 29.2 Å². The normalized spacial score (nSPS) is 10.0. The molecule has 1 rings (SSSR count). The molecule has 0 aromatic heterocycles. The molecule has 0 aliphatic rings. The number of amides is 1. The van der Waals surface area contributed by atoms with Crippen molar-refractivity contribution in [3.8, 4) is 0 Å². The number of hydrogen-bond acceptors (Lipinski definition) is 2. The Bertz CT molecular complexity index is 418. The van der Waals surface area contributed by atoms with Crippen LogP contribution in [0.3, 0.4) is 0 Å². The average molecular weight is 253 g/mol. The van der Waals surface area contributed by atoms with Gasteiger partial charge in [-0.2, -0.15) is 0 Å². The third-order valence-corrected chi connectivity index (χ3v) is 2.72. The molecule has 0 bridgehead atoms. The zero-order valence-corrected chi connectivity index (χ0v) is 10.7. The standard InChI is InChI=1S/C13H17ClN2O/c1-3-7-16(8-4-2)13(17)10-5-6-11(14)12(15)9-10/h3,5-6,9H,1,4,7-8,15H2,2H3. The summed E-state index contributed by atoms with van der Waals surface area (Å²) in [4.78, 5) is 13.9. The van der Waals surface area contributed by atoms with Crippen LogP contribution in [0.5, 0.6) is 0 Å². The summed E-state index contributed by atoms with van der Waals surface area (Å²) in [5.74, 6) is -0.0462. The topological polar surface area (TPSA) is 46.3 Å². The first-order valence-corrected chi connectivity index (χ1v) is 5.93. The predicted octanol–water partition coefficient (Wildman–Crippen LogP) is 2.96. The van der Waals surface area contributed by atoms with Crippen LogP contribution in [-0.4, -0.2) is 23.9 Å². The van der Waals surface area contributed by atoms with Crippen LogP contribution in [0.25, 0.3) is 0 Å². The van der Waals surface area contributed by atoms with Crippen LogP contribution in [0, 0.1) is 0 Å². The van der Waals surface area contributed by atoms with Gasteiger partial charge in [-0.15, -0.1) is 6.58 Å². The minimum Gasteiger partial charge on any atom is -0.398 e.